The van der Waals surface area contributed by atoms with Crippen molar-refractivity contribution in [3.8, 4) is 0 Å². The third-order valence-electron chi connectivity index (χ3n) is 6.22. The number of methoxy groups -OCH3 is 1. The van der Waals surface area contributed by atoms with Gasteiger partial charge in [0.05, 0.1) is 30.0 Å². The zero-order valence-corrected chi connectivity index (χ0v) is 28.7. The molecule has 0 aromatic rings. The third-order valence-corrected chi connectivity index (χ3v) is 6.81. The second-order valence-electron chi connectivity index (χ2n) is 11.0. The average Bonchev–Trinajstić information content (AvgIpc) is 2.93. The Labute approximate surface area is 273 Å². The summed E-state index contributed by atoms with van der Waals surface area (Å²) in [6.45, 7) is 11.2. The van der Waals surface area contributed by atoms with Gasteiger partial charge in [-0.05, 0) is 31.5 Å². The standard InChI is InChI=1S/C31H43ClIN3O7/c1-20(19-21(2)24-16-17-25(41-7)29(39)43-24)11-8-9-13-26(37)35-27(31(4,5)6)28(38)34-18-10-12-23(15-14-22(3)32)42-30(40)36-33/h8-11,13-14,17-19,21,23-24,27H,12,15-16H2,1-7H3,(H,34,38)(H,35,37)(H,36,40)/b11-8-,13-9-,18-10-,20-19+,22-14+. The summed E-state index contributed by atoms with van der Waals surface area (Å²) in [5.41, 5.74) is 0.367. The van der Waals surface area contributed by atoms with Gasteiger partial charge in [0.1, 0.15) is 18.2 Å². The lowest BCUT2D eigenvalue weighted by Crippen LogP contribution is -2.52. The Bertz CT molecular complexity index is 1160. The van der Waals surface area contributed by atoms with Crippen molar-refractivity contribution < 1.29 is 33.4 Å². The predicted molar refractivity (Wildman–Crippen MR) is 176 cm³/mol. The molecule has 43 heavy (non-hydrogen) atoms. The maximum absolute atomic E-state index is 12.9. The van der Waals surface area contributed by atoms with Gasteiger partial charge in [0, 0.05) is 36.3 Å². The second kappa shape index (κ2) is 19.3. The predicted octanol–water partition coefficient (Wildman–Crippen LogP) is 6.06. The van der Waals surface area contributed by atoms with Gasteiger partial charge in [0.25, 0.3) is 0 Å². The van der Waals surface area contributed by atoms with Gasteiger partial charge in [-0.3, -0.25) is 13.1 Å². The molecule has 1 rings (SSSR count). The molecule has 0 saturated heterocycles. The molecule has 0 spiro atoms. The van der Waals surface area contributed by atoms with Gasteiger partial charge >= 0.3 is 12.1 Å². The van der Waals surface area contributed by atoms with Gasteiger partial charge in [0.15, 0.2) is 5.76 Å². The Morgan fingerprint density at radius 3 is 2.44 bits per heavy atom. The van der Waals surface area contributed by atoms with Crippen LogP contribution in [-0.2, 0) is 28.6 Å². The monoisotopic (exact) mass is 731 g/mol. The van der Waals surface area contributed by atoms with Crippen LogP contribution in [0.3, 0.4) is 0 Å². The summed E-state index contributed by atoms with van der Waals surface area (Å²) in [5, 5.41) is 6.04. The molecule has 10 nitrogen and oxygen atoms in total. The van der Waals surface area contributed by atoms with Gasteiger partial charge in [0.2, 0.25) is 11.8 Å². The van der Waals surface area contributed by atoms with E-state index in [0.717, 1.165) is 5.57 Å². The van der Waals surface area contributed by atoms with Crippen molar-refractivity contribution in [1.29, 1.82) is 0 Å². The molecule has 1 aliphatic heterocycles. The average molecular weight is 732 g/mol. The van der Waals surface area contributed by atoms with E-state index in [4.69, 9.17) is 25.8 Å². The molecule has 0 aromatic heterocycles. The van der Waals surface area contributed by atoms with Crippen LogP contribution in [0.1, 0.15) is 60.8 Å². The molecule has 238 valence electrons. The number of esters is 1. The van der Waals surface area contributed by atoms with Crippen LogP contribution in [0.15, 0.2) is 71.2 Å². The van der Waals surface area contributed by atoms with Crippen molar-refractivity contribution in [3.05, 3.63) is 71.2 Å². The van der Waals surface area contributed by atoms with E-state index in [1.54, 1.807) is 60.2 Å². The van der Waals surface area contributed by atoms with Gasteiger partial charge in [-0.15, -0.1) is 0 Å². The summed E-state index contributed by atoms with van der Waals surface area (Å²) in [7, 11) is 1.44. The molecule has 0 fully saturated rings. The fourth-order valence-corrected chi connectivity index (χ4v) is 4.15. The summed E-state index contributed by atoms with van der Waals surface area (Å²) < 4.78 is 18.1. The highest BCUT2D eigenvalue weighted by Gasteiger charge is 2.32. The minimum absolute atomic E-state index is 0.0174. The largest absolute Gasteiger partial charge is 0.490 e. The van der Waals surface area contributed by atoms with E-state index in [9.17, 15) is 19.2 Å². The van der Waals surface area contributed by atoms with E-state index >= 15 is 0 Å². The van der Waals surface area contributed by atoms with E-state index in [2.05, 4.69) is 14.2 Å². The lowest BCUT2D eigenvalue weighted by molar-refractivity contribution is -0.151. The van der Waals surface area contributed by atoms with E-state index in [1.165, 1.54) is 19.4 Å². The molecule has 0 radical (unpaired) electrons. The summed E-state index contributed by atoms with van der Waals surface area (Å²) in [4.78, 5) is 49.1. The van der Waals surface area contributed by atoms with E-state index in [-0.39, 0.29) is 23.7 Å². The maximum atomic E-state index is 12.9. The highest BCUT2D eigenvalue weighted by atomic mass is 127. The van der Waals surface area contributed by atoms with Crippen LogP contribution in [-0.4, -0.2) is 49.2 Å². The number of rotatable bonds is 14. The van der Waals surface area contributed by atoms with Gasteiger partial charge in [-0.25, -0.2) is 9.59 Å². The zero-order valence-electron chi connectivity index (χ0n) is 25.7. The van der Waals surface area contributed by atoms with Gasteiger partial charge in [-0.1, -0.05) is 81.3 Å². The van der Waals surface area contributed by atoms with E-state index in [1.807, 2.05) is 46.8 Å². The molecule has 3 amide bonds. The zero-order chi connectivity index (χ0) is 32.6. The number of cyclic esters (lactones) is 1. The number of ether oxygens (including phenoxy) is 3. The number of amides is 3. The van der Waals surface area contributed by atoms with Crippen LogP contribution in [0.2, 0.25) is 0 Å². The molecule has 0 aliphatic carbocycles. The molecule has 3 N–H and O–H groups in total. The van der Waals surface area contributed by atoms with Crippen molar-refractivity contribution in [2.75, 3.05) is 7.11 Å². The second-order valence-corrected chi connectivity index (χ2v) is 12.2. The summed E-state index contributed by atoms with van der Waals surface area (Å²) in [6, 6.07) is -0.815. The van der Waals surface area contributed by atoms with Crippen molar-refractivity contribution in [1.82, 2.24) is 14.2 Å². The summed E-state index contributed by atoms with van der Waals surface area (Å²) in [6.07, 6.45) is 15.1. The number of hydrogen-bond acceptors (Lipinski definition) is 7. The molecule has 1 aliphatic rings. The highest BCUT2D eigenvalue weighted by molar-refractivity contribution is 14.1. The van der Waals surface area contributed by atoms with Crippen LogP contribution in [0.25, 0.3) is 0 Å². The molecule has 1 heterocycles. The number of carbonyl (C=O) groups is 4. The molecule has 4 atom stereocenters. The molecule has 0 saturated carbocycles. The molecule has 4 unspecified atom stereocenters. The van der Waals surface area contributed by atoms with Crippen LogP contribution in [0.4, 0.5) is 4.79 Å². The molecule has 0 aromatic carbocycles. The smallest absolute Gasteiger partial charge is 0.416 e. The van der Waals surface area contributed by atoms with Crippen molar-refractivity contribution in [2.45, 2.75) is 79.1 Å². The Morgan fingerprint density at radius 2 is 1.86 bits per heavy atom. The minimum atomic E-state index is -0.815. The van der Waals surface area contributed by atoms with Crippen molar-refractivity contribution in [3.63, 3.8) is 0 Å². The molecular weight excluding hydrogens is 689 g/mol. The number of hydrogen-bond donors (Lipinski definition) is 3. The number of halogens is 2. The quantitative estimate of drug-likeness (QED) is 0.0652. The minimum Gasteiger partial charge on any atom is -0.490 e. The Morgan fingerprint density at radius 1 is 1.19 bits per heavy atom. The van der Waals surface area contributed by atoms with Gasteiger partial charge in [-0.2, -0.15) is 0 Å². The fourth-order valence-electron chi connectivity index (χ4n) is 3.94. The maximum Gasteiger partial charge on any atom is 0.416 e. The Balaban J connectivity index is 2.71. The normalized spacial score (nSPS) is 18.6. The van der Waals surface area contributed by atoms with Crippen LogP contribution < -0.4 is 14.2 Å². The third kappa shape index (κ3) is 15.3. The van der Waals surface area contributed by atoms with Crippen molar-refractivity contribution >= 4 is 58.3 Å². The summed E-state index contributed by atoms with van der Waals surface area (Å²) >= 11 is 7.58. The fraction of sp³-hybridized carbons (Fsp3) is 0.484. The van der Waals surface area contributed by atoms with Crippen LogP contribution in [0, 0.1) is 11.3 Å². The topological polar surface area (TPSA) is 132 Å². The Kier molecular flexibility index (Phi) is 17.0. The molecule has 12 heteroatoms. The lowest BCUT2D eigenvalue weighted by Gasteiger charge is -2.29. The first kappa shape index (κ1) is 38.0. The number of nitrogens with one attached hydrogen (secondary N) is 3. The first-order valence-corrected chi connectivity index (χ1v) is 15.3. The summed E-state index contributed by atoms with van der Waals surface area (Å²) in [5.74, 6) is -1.07. The SMILES string of the molecule is COC1=CCC(C(C)/C=C(C)/C=C\C=C/C(=O)NC(C(=O)N/C=C\CC(C/C=C(\C)Cl)OC(=O)NI)C(C)(C)C)OC1=O. The number of allylic oxidation sites excluding steroid dienone is 5. The Hall–Kier alpha value is -3.06. The lowest BCUT2D eigenvalue weighted by atomic mass is 9.86. The highest BCUT2D eigenvalue weighted by Crippen LogP contribution is 2.23. The van der Waals surface area contributed by atoms with Crippen LogP contribution >= 0.6 is 34.5 Å². The van der Waals surface area contributed by atoms with E-state index < -0.39 is 35.5 Å². The van der Waals surface area contributed by atoms with Crippen LogP contribution in [0.5, 0.6) is 0 Å². The van der Waals surface area contributed by atoms with Crippen molar-refractivity contribution in [2.24, 2.45) is 11.3 Å². The number of carbonyl (C=O) groups excluding carboxylic acids is 4. The first-order chi connectivity index (χ1) is 20.2. The van der Waals surface area contributed by atoms with Gasteiger partial charge < -0.3 is 24.8 Å². The first-order valence-electron chi connectivity index (χ1n) is 13.8. The molecular formula is C31H43ClIN3O7. The molecule has 0 bridgehead atoms. The van der Waals surface area contributed by atoms with E-state index in [0.29, 0.717) is 24.3 Å².